The molecule has 0 N–H and O–H groups in total. The summed E-state index contributed by atoms with van der Waals surface area (Å²) in [5.41, 5.74) is 1.66. The van der Waals surface area contributed by atoms with Crippen LogP contribution in [0.25, 0.3) is 4.85 Å². The average molecular weight is 231 g/mol. The molecule has 5 atom stereocenters. The predicted octanol–water partition coefficient (Wildman–Crippen LogP) is 4.70. The summed E-state index contributed by atoms with van der Waals surface area (Å²) in [4.78, 5) is 4.02. The van der Waals surface area contributed by atoms with E-state index in [2.05, 4.69) is 32.2 Å². The Balaban J connectivity index is 2.32. The molecule has 0 bridgehead atoms. The number of hydrogen-bond donors (Lipinski definition) is 0. The lowest BCUT2D eigenvalue weighted by Crippen LogP contribution is -2.49. The second kappa shape index (κ2) is 4.48. The molecule has 5 unspecified atom stereocenters. The molecular weight excluding hydrogens is 206 g/mol. The zero-order valence-electron chi connectivity index (χ0n) is 11.5. The molecule has 17 heavy (non-hydrogen) atoms. The predicted molar refractivity (Wildman–Crippen MR) is 72.5 cm³/mol. The number of fused-ring (bicyclic) bond motifs is 1. The molecule has 0 aromatic rings. The van der Waals surface area contributed by atoms with Gasteiger partial charge >= 0.3 is 0 Å². The largest absolute Gasteiger partial charge is 0.313 e. The highest BCUT2D eigenvalue weighted by Gasteiger charge is 2.53. The van der Waals surface area contributed by atoms with E-state index in [9.17, 15) is 0 Å². The SMILES string of the molecule is [C-]#[N+]C1C(C(=C)C)CCC2(C)CCCC(C)C12. The minimum absolute atomic E-state index is 0.196. The lowest BCUT2D eigenvalue weighted by Gasteiger charge is -2.50. The molecule has 0 aliphatic heterocycles. The first kappa shape index (κ1) is 12.7. The number of nitrogens with zero attached hydrogens (tertiary/aromatic N) is 1. The molecule has 2 fully saturated rings. The molecule has 94 valence electrons. The van der Waals surface area contributed by atoms with Crippen LogP contribution in [0.15, 0.2) is 12.2 Å². The zero-order chi connectivity index (χ0) is 12.6. The van der Waals surface area contributed by atoms with E-state index in [1.807, 2.05) is 0 Å². The van der Waals surface area contributed by atoms with Crippen LogP contribution in [-0.4, -0.2) is 6.04 Å². The van der Waals surface area contributed by atoms with E-state index in [1.54, 1.807) is 0 Å². The Kier molecular flexibility index (Phi) is 3.34. The quantitative estimate of drug-likeness (QED) is 0.455. The second-order valence-electron chi connectivity index (χ2n) is 6.66. The van der Waals surface area contributed by atoms with Crippen molar-refractivity contribution in [1.82, 2.24) is 0 Å². The molecule has 2 rings (SSSR count). The molecule has 0 radical (unpaired) electrons. The summed E-state index contributed by atoms with van der Waals surface area (Å²) in [5, 5.41) is 0. The molecule has 0 aromatic carbocycles. The van der Waals surface area contributed by atoms with Crippen molar-refractivity contribution in [3.8, 4) is 0 Å². The van der Waals surface area contributed by atoms with Crippen LogP contribution < -0.4 is 0 Å². The van der Waals surface area contributed by atoms with Gasteiger partial charge in [0, 0.05) is 5.92 Å². The van der Waals surface area contributed by atoms with Gasteiger partial charge in [0.2, 0.25) is 6.04 Å². The van der Waals surface area contributed by atoms with Gasteiger partial charge in [0.15, 0.2) is 0 Å². The van der Waals surface area contributed by atoms with Gasteiger partial charge in [-0.15, -0.1) is 0 Å². The molecule has 0 aromatic heterocycles. The smallest absolute Gasteiger partial charge is 0.233 e. The first-order valence-corrected chi connectivity index (χ1v) is 7.01. The third kappa shape index (κ3) is 2.03. The molecule has 0 saturated heterocycles. The zero-order valence-corrected chi connectivity index (χ0v) is 11.5. The Labute approximate surface area is 106 Å². The van der Waals surface area contributed by atoms with Crippen LogP contribution in [0.1, 0.15) is 52.9 Å². The Hall–Kier alpha value is -0.770. The Bertz CT molecular complexity index is 351. The van der Waals surface area contributed by atoms with Gasteiger partial charge in [0.05, 0.1) is 5.92 Å². The fourth-order valence-electron chi connectivity index (χ4n) is 4.52. The summed E-state index contributed by atoms with van der Waals surface area (Å²) >= 11 is 0. The van der Waals surface area contributed by atoms with Crippen molar-refractivity contribution in [2.24, 2.45) is 23.2 Å². The molecular formula is C16H25N. The van der Waals surface area contributed by atoms with Gasteiger partial charge < -0.3 is 4.85 Å². The van der Waals surface area contributed by atoms with Crippen molar-refractivity contribution in [2.75, 3.05) is 0 Å². The van der Waals surface area contributed by atoms with Gasteiger partial charge in [-0.05, 0) is 37.5 Å². The van der Waals surface area contributed by atoms with E-state index in [0.717, 1.165) is 5.92 Å². The molecule has 1 heteroatoms. The van der Waals surface area contributed by atoms with Crippen LogP contribution >= 0.6 is 0 Å². The summed E-state index contributed by atoms with van der Waals surface area (Å²) in [6.07, 6.45) is 6.48. The van der Waals surface area contributed by atoms with Gasteiger partial charge in [-0.1, -0.05) is 38.8 Å². The highest BCUT2D eigenvalue weighted by molar-refractivity contribution is 5.14. The Morgan fingerprint density at radius 2 is 2.06 bits per heavy atom. The van der Waals surface area contributed by atoms with Crippen molar-refractivity contribution < 1.29 is 0 Å². The van der Waals surface area contributed by atoms with Gasteiger partial charge in [-0.3, -0.25) is 0 Å². The minimum atomic E-state index is 0.196. The van der Waals surface area contributed by atoms with E-state index in [4.69, 9.17) is 6.57 Å². The van der Waals surface area contributed by atoms with Crippen molar-refractivity contribution in [1.29, 1.82) is 0 Å². The number of rotatable bonds is 1. The maximum Gasteiger partial charge on any atom is 0.233 e. The molecule has 0 heterocycles. The second-order valence-corrected chi connectivity index (χ2v) is 6.66. The third-order valence-electron chi connectivity index (χ3n) is 5.41. The average Bonchev–Trinajstić information content (AvgIpc) is 2.26. The van der Waals surface area contributed by atoms with E-state index in [-0.39, 0.29) is 6.04 Å². The maximum absolute atomic E-state index is 7.60. The van der Waals surface area contributed by atoms with E-state index < -0.39 is 0 Å². The lowest BCUT2D eigenvalue weighted by molar-refractivity contribution is 0.00146. The van der Waals surface area contributed by atoms with E-state index >= 15 is 0 Å². The van der Waals surface area contributed by atoms with Crippen LogP contribution in [0.4, 0.5) is 0 Å². The highest BCUT2D eigenvalue weighted by Crippen LogP contribution is 2.55. The first-order chi connectivity index (χ1) is 7.99. The monoisotopic (exact) mass is 231 g/mol. The van der Waals surface area contributed by atoms with Crippen molar-refractivity contribution in [3.05, 3.63) is 23.6 Å². The van der Waals surface area contributed by atoms with Crippen LogP contribution in [0.5, 0.6) is 0 Å². The Morgan fingerprint density at radius 3 is 2.65 bits per heavy atom. The number of hydrogen-bond acceptors (Lipinski definition) is 0. The fraction of sp³-hybridized carbons (Fsp3) is 0.812. The topological polar surface area (TPSA) is 4.36 Å². The van der Waals surface area contributed by atoms with Crippen LogP contribution in [0, 0.1) is 29.7 Å². The van der Waals surface area contributed by atoms with Crippen molar-refractivity contribution in [2.45, 2.75) is 58.9 Å². The van der Waals surface area contributed by atoms with Crippen LogP contribution in [0.3, 0.4) is 0 Å². The van der Waals surface area contributed by atoms with Gasteiger partial charge in [0.1, 0.15) is 0 Å². The maximum atomic E-state index is 7.60. The summed E-state index contributed by atoms with van der Waals surface area (Å²) in [6.45, 7) is 18.6. The molecule has 2 aliphatic rings. The van der Waals surface area contributed by atoms with E-state index in [0.29, 0.717) is 17.3 Å². The van der Waals surface area contributed by atoms with Crippen molar-refractivity contribution >= 4 is 0 Å². The lowest BCUT2D eigenvalue weighted by atomic mass is 9.53. The third-order valence-corrected chi connectivity index (χ3v) is 5.41. The fourth-order valence-corrected chi connectivity index (χ4v) is 4.52. The summed E-state index contributed by atoms with van der Waals surface area (Å²) in [5.74, 6) is 1.77. The van der Waals surface area contributed by atoms with E-state index in [1.165, 1.54) is 37.7 Å². The Morgan fingerprint density at radius 1 is 1.35 bits per heavy atom. The van der Waals surface area contributed by atoms with Crippen LogP contribution in [0.2, 0.25) is 0 Å². The molecule has 1 nitrogen and oxygen atoms in total. The summed E-state index contributed by atoms with van der Waals surface area (Å²) < 4.78 is 0. The molecule has 2 aliphatic carbocycles. The van der Waals surface area contributed by atoms with Crippen molar-refractivity contribution in [3.63, 3.8) is 0 Å². The molecule has 0 amide bonds. The van der Waals surface area contributed by atoms with Gasteiger partial charge in [-0.2, -0.15) is 0 Å². The summed E-state index contributed by atoms with van der Waals surface area (Å²) in [7, 11) is 0. The molecule has 0 spiro atoms. The summed E-state index contributed by atoms with van der Waals surface area (Å²) in [6, 6.07) is 0.196. The van der Waals surface area contributed by atoms with Gasteiger partial charge in [0.25, 0.3) is 0 Å². The van der Waals surface area contributed by atoms with Crippen LogP contribution in [-0.2, 0) is 0 Å². The first-order valence-electron chi connectivity index (χ1n) is 7.01. The highest BCUT2D eigenvalue weighted by atomic mass is 14.8. The minimum Gasteiger partial charge on any atom is -0.313 e. The standard InChI is InChI=1S/C16H25N/c1-11(2)13-8-10-16(4)9-6-7-12(3)14(16)15(13)17-5/h12-15H,1,6-10H2,2-4H3. The molecule has 2 saturated carbocycles. The van der Waals surface area contributed by atoms with Gasteiger partial charge in [-0.25, -0.2) is 6.57 Å². The normalized spacial score (nSPS) is 45.8.